The normalized spacial score (nSPS) is 13.7. The van der Waals surface area contributed by atoms with Crippen LogP contribution in [0.5, 0.6) is 0 Å². The second-order valence-electron chi connectivity index (χ2n) is 6.52. The number of thiocarbonyl (C=S) groups is 1. The molecule has 152 valence electrons. The van der Waals surface area contributed by atoms with E-state index in [1.54, 1.807) is 6.07 Å². The third-order valence-electron chi connectivity index (χ3n) is 4.63. The Bertz CT molecular complexity index is 905. The molecule has 0 aliphatic carbocycles. The van der Waals surface area contributed by atoms with Crippen LogP contribution in [0, 0.1) is 0 Å². The summed E-state index contributed by atoms with van der Waals surface area (Å²) in [5.41, 5.74) is 1.49. The molecule has 1 N–H and O–H groups in total. The van der Waals surface area contributed by atoms with Crippen molar-refractivity contribution in [1.82, 2.24) is 9.80 Å². The Hall–Kier alpha value is -2.71. The van der Waals surface area contributed by atoms with Gasteiger partial charge in [-0.1, -0.05) is 41.9 Å². The first-order valence-electron chi connectivity index (χ1n) is 8.98. The first-order chi connectivity index (χ1) is 14.0. The third kappa shape index (κ3) is 5.42. The fourth-order valence-corrected chi connectivity index (χ4v) is 3.60. The Balaban J connectivity index is 1.52. The number of nitrogens with zero attached hydrogens (tertiary/aromatic N) is 2. The van der Waals surface area contributed by atoms with Crippen LogP contribution in [0.25, 0.3) is 0 Å². The quantitative estimate of drug-likeness (QED) is 0.742. The number of carbonyl (C=O) groups is 2. The lowest BCUT2D eigenvalue weighted by atomic mass is 10.1. The molecule has 2 aromatic rings. The molecule has 0 unspecified atom stereocenters. The molecule has 1 saturated heterocycles. The maximum absolute atomic E-state index is 12.5. The molecule has 0 saturated carbocycles. The molecule has 0 aromatic heterocycles. The van der Waals surface area contributed by atoms with Gasteiger partial charge in [-0.2, -0.15) is 0 Å². The third-order valence-corrected chi connectivity index (χ3v) is 5.30. The Morgan fingerprint density at radius 1 is 1.07 bits per heavy atom. The van der Waals surface area contributed by atoms with E-state index in [1.165, 1.54) is 12.1 Å². The van der Waals surface area contributed by atoms with Crippen LogP contribution in [0.3, 0.4) is 0 Å². The topological polar surface area (TPSA) is 61.9 Å². The molecule has 1 fully saturated rings. The van der Waals surface area contributed by atoms with E-state index >= 15 is 0 Å². The number of rotatable bonds is 4. The molecule has 29 heavy (non-hydrogen) atoms. The largest absolute Gasteiger partial charge is 0.381 e. The SMILES string of the molecule is O=C(OF)c1ccc(NC(=S)N2CCN(C(=O)Cc3ccccc3)CC2)cc1Cl. The van der Waals surface area contributed by atoms with Gasteiger partial charge in [0.2, 0.25) is 5.91 Å². The predicted molar refractivity (Wildman–Crippen MR) is 112 cm³/mol. The minimum Gasteiger partial charge on any atom is -0.345 e. The lowest BCUT2D eigenvalue weighted by molar-refractivity contribution is -0.131. The summed E-state index contributed by atoms with van der Waals surface area (Å²) in [5.74, 6) is -1.06. The zero-order valence-corrected chi connectivity index (χ0v) is 17.0. The van der Waals surface area contributed by atoms with Crippen LogP contribution in [0.15, 0.2) is 48.5 Å². The maximum atomic E-state index is 12.5. The highest BCUT2D eigenvalue weighted by Crippen LogP contribution is 2.22. The average Bonchev–Trinajstić information content (AvgIpc) is 2.74. The molecule has 0 radical (unpaired) electrons. The molecule has 2 aromatic carbocycles. The van der Waals surface area contributed by atoms with Crippen molar-refractivity contribution in [1.29, 1.82) is 0 Å². The second kappa shape index (κ2) is 9.67. The van der Waals surface area contributed by atoms with E-state index in [2.05, 4.69) is 10.3 Å². The van der Waals surface area contributed by atoms with Gasteiger partial charge in [-0.15, -0.1) is 0 Å². The number of hydrogen-bond donors (Lipinski definition) is 1. The Morgan fingerprint density at radius 2 is 1.72 bits per heavy atom. The smallest absolute Gasteiger partial charge is 0.345 e. The van der Waals surface area contributed by atoms with E-state index in [-0.39, 0.29) is 16.5 Å². The fraction of sp³-hybridized carbons (Fsp3) is 0.250. The molecular formula is C20H19ClFN3O3S. The number of nitrogens with one attached hydrogen (secondary N) is 1. The van der Waals surface area contributed by atoms with Crippen molar-refractivity contribution in [2.45, 2.75) is 6.42 Å². The number of hydrogen-bond acceptors (Lipinski definition) is 4. The molecule has 0 spiro atoms. The van der Waals surface area contributed by atoms with Crippen molar-refractivity contribution in [3.05, 3.63) is 64.7 Å². The molecule has 6 nitrogen and oxygen atoms in total. The van der Waals surface area contributed by atoms with E-state index in [1.807, 2.05) is 40.1 Å². The molecule has 9 heteroatoms. The summed E-state index contributed by atoms with van der Waals surface area (Å²) in [6, 6.07) is 14.0. The van der Waals surface area contributed by atoms with Crippen LogP contribution in [0.1, 0.15) is 15.9 Å². The van der Waals surface area contributed by atoms with Crippen molar-refractivity contribution >= 4 is 46.5 Å². The molecule has 1 heterocycles. The van der Waals surface area contributed by atoms with Gasteiger partial charge in [-0.3, -0.25) is 4.79 Å². The number of carbonyl (C=O) groups excluding carboxylic acids is 2. The van der Waals surface area contributed by atoms with Crippen molar-refractivity contribution < 1.29 is 19.1 Å². The van der Waals surface area contributed by atoms with Crippen molar-refractivity contribution in [2.75, 3.05) is 31.5 Å². The number of benzene rings is 2. The van der Waals surface area contributed by atoms with Crippen molar-refractivity contribution in [3.63, 3.8) is 0 Å². The molecule has 1 aliphatic rings. The van der Waals surface area contributed by atoms with E-state index in [4.69, 9.17) is 23.8 Å². The van der Waals surface area contributed by atoms with Crippen LogP contribution < -0.4 is 5.32 Å². The van der Waals surface area contributed by atoms with E-state index in [0.717, 1.165) is 5.56 Å². The van der Waals surface area contributed by atoms with Gasteiger partial charge < -0.3 is 15.1 Å². The van der Waals surface area contributed by atoms with Gasteiger partial charge in [0, 0.05) is 36.4 Å². The lowest BCUT2D eigenvalue weighted by Crippen LogP contribution is -2.51. The molecule has 0 atom stereocenters. The zero-order valence-electron chi connectivity index (χ0n) is 15.4. The fourth-order valence-electron chi connectivity index (χ4n) is 3.04. The van der Waals surface area contributed by atoms with Gasteiger partial charge in [0.15, 0.2) is 5.11 Å². The number of anilines is 1. The highest BCUT2D eigenvalue weighted by Gasteiger charge is 2.23. The number of amides is 1. The van der Waals surface area contributed by atoms with Crippen molar-refractivity contribution in [3.8, 4) is 0 Å². The van der Waals surface area contributed by atoms with Gasteiger partial charge in [0.25, 0.3) is 0 Å². The Morgan fingerprint density at radius 3 is 2.34 bits per heavy atom. The lowest BCUT2D eigenvalue weighted by Gasteiger charge is -2.36. The van der Waals surface area contributed by atoms with Crippen LogP contribution in [0.4, 0.5) is 10.2 Å². The summed E-state index contributed by atoms with van der Waals surface area (Å²) < 4.78 is 12.0. The number of halogens is 2. The van der Waals surface area contributed by atoms with Crippen LogP contribution in [-0.2, 0) is 16.2 Å². The summed E-state index contributed by atoms with van der Waals surface area (Å²) in [4.78, 5) is 30.7. The first-order valence-corrected chi connectivity index (χ1v) is 9.76. The standard InChI is InChI=1S/C20H19ClFN3O3S/c21-17-13-15(6-7-16(17)19(27)28-22)23-20(29)25-10-8-24(9-11-25)18(26)12-14-4-2-1-3-5-14/h1-7,13H,8-12H2,(H,23,29). The molecular weight excluding hydrogens is 417 g/mol. The summed E-state index contributed by atoms with van der Waals surface area (Å²) in [6.07, 6.45) is 0.385. The predicted octanol–water partition coefficient (Wildman–Crippen LogP) is 3.47. The summed E-state index contributed by atoms with van der Waals surface area (Å²) in [7, 11) is 0. The minimum atomic E-state index is -1.15. The zero-order chi connectivity index (χ0) is 20.8. The summed E-state index contributed by atoms with van der Waals surface area (Å²) >= 11 is 11.4. The van der Waals surface area contributed by atoms with Gasteiger partial charge in [-0.05, 0) is 36.0 Å². The summed E-state index contributed by atoms with van der Waals surface area (Å²) in [5, 5.41) is 3.58. The molecule has 0 bridgehead atoms. The first kappa shape index (κ1) is 21.0. The molecule has 1 aliphatic heterocycles. The van der Waals surface area contributed by atoms with E-state index < -0.39 is 5.97 Å². The van der Waals surface area contributed by atoms with Gasteiger partial charge >= 0.3 is 5.97 Å². The summed E-state index contributed by atoms with van der Waals surface area (Å²) in [6.45, 7) is 2.36. The maximum Gasteiger partial charge on any atom is 0.381 e. The average molecular weight is 436 g/mol. The van der Waals surface area contributed by atoms with E-state index in [9.17, 15) is 14.1 Å². The Kier molecular flexibility index (Phi) is 7.00. The van der Waals surface area contributed by atoms with Gasteiger partial charge in [0.05, 0.1) is 17.0 Å². The van der Waals surface area contributed by atoms with Crippen LogP contribution in [0.2, 0.25) is 5.02 Å². The Labute approximate surface area is 178 Å². The molecule has 1 amide bonds. The van der Waals surface area contributed by atoms with Crippen molar-refractivity contribution in [2.24, 2.45) is 0 Å². The molecule has 3 rings (SSSR count). The van der Waals surface area contributed by atoms with Gasteiger partial charge in [0.1, 0.15) is 0 Å². The second-order valence-corrected chi connectivity index (χ2v) is 7.31. The van der Waals surface area contributed by atoms with Gasteiger partial charge in [-0.25, -0.2) is 9.74 Å². The van der Waals surface area contributed by atoms with Crippen LogP contribution in [-0.4, -0.2) is 53.0 Å². The minimum absolute atomic E-state index is 0.0526. The monoisotopic (exact) mass is 435 g/mol. The number of piperazine rings is 1. The van der Waals surface area contributed by atoms with E-state index in [0.29, 0.717) is 43.4 Å². The highest BCUT2D eigenvalue weighted by atomic mass is 35.5. The highest BCUT2D eigenvalue weighted by molar-refractivity contribution is 7.80. The van der Waals surface area contributed by atoms with Crippen LogP contribution >= 0.6 is 23.8 Å².